The van der Waals surface area contributed by atoms with Gasteiger partial charge in [-0.1, -0.05) is 17.7 Å². The summed E-state index contributed by atoms with van der Waals surface area (Å²) in [6.07, 6.45) is 0. The second-order valence-electron chi connectivity index (χ2n) is 4.50. The van der Waals surface area contributed by atoms with Gasteiger partial charge in [0, 0.05) is 16.3 Å². The smallest absolute Gasteiger partial charge is 0.198 e. The molecule has 0 amide bonds. The Morgan fingerprint density at radius 3 is 2.47 bits per heavy atom. The highest BCUT2D eigenvalue weighted by Crippen LogP contribution is 2.24. The van der Waals surface area contributed by atoms with Crippen LogP contribution in [0, 0.1) is 19.7 Å². The third-order valence-corrected chi connectivity index (χ3v) is 3.15. The van der Waals surface area contributed by atoms with Crippen LogP contribution >= 0.6 is 11.6 Å². The maximum absolute atomic E-state index is 14.0. The lowest BCUT2D eigenvalue weighted by atomic mass is 9.96. The van der Waals surface area contributed by atoms with E-state index < -0.39 is 11.6 Å². The molecule has 0 bridgehead atoms. The second-order valence-corrected chi connectivity index (χ2v) is 4.94. The Balaban J connectivity index is 2.56. The van der Waals surface area contributed by atoms with Gasteiger partial charge in [-0.05, 0) is 49.2 Å². The van der Waals surface area contributed by atoms with E-state index in [1.807, 2.05) is 0 Å². The molecule has 0 atom stereocenters. The van der Waals surface area contributed by atoms with Crippen LogP contribution in [0.2, 0.25) is 5.02 Å². The Hall–Kier alpha value is -1.87. The normalized spacial score (nSPS) is 10.5. The van der Waals surface area contributed by atoms with Crippen molar-refractivity contribution in [3.63, 3.8) is 0 Å². The first kappa shape index (κ1) is 13.6. The van der Waals surface area contributed by atoms with Crippen LogP contribution in [0.3, 0.4) is 0 Å². The maximum atomic E-state index is 14.0. The molecule has 0 aliphatic carbocycles. The van der Waals surface area contributed by atoms with Gasteiger partial charge in [-0.25, -0.2) is 4.39 Å². The van der Waals surface area contributed by atoms with Gasteiger partial charge in [0.2, 0.25) is 0 Å². The predicted molar refractivity (Wildman–Crippen MR) is 75.2 cm³/mol. The van der Waals surface area contributed by atoms with E-state index in [1.54, 1.807) is 26.0 Å². The molecule has 0 fully saturated rings. The van der Waals surface area contributed by atoms with Gasteiger partial charge in [0.1, 0.15) is 5.82 Å². The number of anilines is 1. The molecule has 0 aliphatic heterocycles. The molecule has 0 heterocycles. The minimum Gasteiger partial charge on any atom is -0.398 e. The molecule has 2 nitrogen and oxygen atoms in total. The molecule has 2 aromatic carbocycles. The van der Waals surface area contributed by atoms with Crippen LogP contribution in [0.25, 0.3) is 0 Å². The van der Waals surface area contributed by atoms with Gasteiger partial charge in [-0.3, -0.25) is 4.79 Å². The van der Waals surface area contributed by atoms with E-state index >= 15 is 0 Å². The average molecular weight is 278 g/mol. The fourth-order valence-corrected chi connectivity index (χ4v) is 2.26. The van der Waals surface area contributed by atoms with Crippen molar-refractivity contribution in [1.29, 1.82) is 0 Å². The van der Waals surface area contributed by atoms with E-state index in [4.69, 9.17) is 17.3 Å². The fourth-order valence-electron chi connectivity index (χ4n) is 2.08. The number of hydrogen-bond donors (Lipinski definition) is 1. The molecule has 98 valence electrons. The highest BCUT2D eigenvalue weighted by atomic mass is 35.5. The van der Waals surface area contributed by atoms with Crippen molar-refractivity contribution in [3.05, 3.63) is 63.4 Å². The van der Waals surface area contributed by atoms with Crippen LogP contribution in [0.15, 0.2) is 30.3 Å². The maximum Gasteiger partial charge on any atom is 0.198 e. The van der Waals surface area contributed by atoms with Crippen molar-refractivity contribution in [2.45, 2.75) is 13.8 Å². The molecule has 0 radical (unpaired) electrons. The van der Waals surface area contributed by atoms with Crippen LogP contribution in [0.4, 0.5) is 10.1 Å². The van der Waals surface area contributed by atoms with Crippen molar-refractivity contribution in [2.75, 3.05) is 5.73 Å². The van der Waals surface area contributed by atoms with Crippen LogP contribution in [0.1, 0.15) is 27.0 Å². The summed E-state index contributed by atoms with van der Waals surface area (Å²) in [5.74, 6) is -0.957. The molecule has 0 spiro atoms. The molecule has 0 saturated carbocycles. The van der Waals surface area contributed by atoms with E-state index in [0.29, 0.717) is 10.6 Å². The minimum absolute atomic E-state index is 0.0552. The van der Waals surface area contributed by atoms with Crippen molar-refractivity contribution in [2.24, 2.45) is 0 Å². The number of rotatable bonds is 2. The lowest BCUT2D eigenvalue weighted by Gasteiger charge is -2.10. The van der Waals surface area contributed by atoms with Gasteiger partial charge < -0.3 is 5.73 Å². The number of hydrogen-bond acceptors (Lipinski definition) is 2. The van der Waals surface area contributed by atoms with Crippen molar-refractivity contribution in [1.82, 2.24) is 0 Å². The number of ketones is 1. The SMILES string of the molecule is Cc1cc(C)c(C(=O)c2ccc(Cl)cc2N)c(F)c1. The number of nitrogen functional groups attached to an aromatic ring is 1. The number of benzene rings is 2. The van der Waals surface area contributed by atoms with Crippen LogP contribution in [0.5, 0.6) is 0 Å². The molecule has 0 aliphatic rings. The van der Waals surface area contributed by atoms with E-state index in [-0.39, 0.29) is 16.8 Å². The van der Waals surface area contributed by atoms with E-state index in [1.165, 1.54) is 18.2 Å². The van der Waals surface area contributed by atoms with Crippen LogP contribution in [-0.2, 0) is 0 Å². The van der Waals surface area contributed by atoms with Gasteiger partial charge in [0.15, 0.2) is 5.78 Å². The third-order valence-electron chi connectivity index (χ3n) is 2.92. The molecule has 4 heteroatoms. The summed E-state index contributed by atoms with van der Waals surface area (Å²) in [4.78, 5) is 12.4. The molecule has 0 aromatic heterocycles. The van der Waals surface area contributed by atoms with E-state index in [0.717, 1.165) is 5.56 Å². The van der Waals surface area contributed by atoms with Gasteiger partial charge in [-0.15, -0.1) is 0 Å². The van der Waals surface area contributed by atoms with Crippen molar-refractivity contribution >= 4 is 23.1 Å². The fraction of sp³-hybridized carbons (Fsp3) is 0.133. The Kier molecular flexibility index (Phi) is 3.58. The first-order valence-electron chi connectivity index (χ1n) is 5.76. The molecular weight excluding hydrogens is 265 g/mol. The zero-order valence-electron chi connectivity index (χ0n) is 10.6. The van der Waals surface area contributed by atoms with Crippen molar-refractivity contribution in [3.8, 4) is 0 Å². The highest BCUT2D eigenvalue weighted by molar-refractivity contribution is 6.31. The number of nitrogens with two attached hydrogens (primary N) is 1. The molecule has 0 saturated heterocycles. The quantitative estimate of drug-likeness (QED) is 0.668. The zero-order valence-corrected chi connectivity index (χ0v) is 11.4. The lowest BCUT2D eigenvalue weighted by Crippen LogP contribution is -2.10. The van der Waals surface area contributed by atoms with Gasteiger partial charge in [0.25, 0.3) is 0 Å². The van der Waals surface area contributed by atoms with Gasteiger partial charge in [0.05, 0.1) is 5.56 Å². The summed E-state index contributed by atoms with van der Waals surface area (Å²) < 4.78 is 14.0. The molecule has 2 aromatic rings. The summed E-state index contributed by atoms with van der Waals surface area (Å²) >= 11 is 5.79. The molecular formula is C15H13ClFNO. The first-order chi connectivity index (χ1) is 8.90. The molecule has 19 heavy (non-hydrogen) atoms. The number of carbonyl (C=O) groups excluding carboxylic acids is 1. The number of carbonyl (C=O) groups is 1. The highest BCUT2D eigenvalue weighted by Gasteiger charge is 2.19. The summed E-state index contributed by atoms with van der Waals surface area (Å²) in [6, 6.07) is 7.66. The summed E-state index contributed by atoms with van der Waals surface area (Å²) in [6.45, 7) is 3.48. The Morgan fingerprint density at radius 2 is 1.89 bits per heavy atom. The standard InChI is InChI=1S/C15H13ClFNO/c1-8-5-9(2)14(12(17)6-8)15(19)11-4-3-10(16)7-13(11)18/h3-7H,18H2,1-2H3. The second kappa shape index (κ2) is 5.02. The summed E-state index contributed by atoms with van der Waals surface area (Å²) in [5.41, 5.74) is 7.69. The zero-order chi connectivity index (χ0) is 14.2. The average Bonchev–Trinajstić information content (AvgIpc) is 2.26. The van der Waals surface area contributed by atoms with Crippen LogP contribution in [-0.4, -0.2) is 5.78 Å². The number of aryl methyl sites for hydroxylation is 2. The van der Waals surface area contributed by atoms with Crippen LogP contribution < -0.4 is 5.73 Å². The number of halogens is 2. The minimum atomic E-state index is -0.531. The Labute approximate surface area is 116 Å². The topological polar surface area (TPSA) is 43.1 Å². The molecule has 2 N–H and O–H groups in total. The first-order valence-corrected chi connectivity index (χ1v) is 6.14. The van der Waals surface area contributed by atoms with Gasteiger partial charge >= 0.3 is 0 Å². The third kappa shape index (κ3) is 2.61. The largest absolute Gasteiger partial charge is 0.398 e. The van der Waals surface area contributed by atoms with E-state index in [9.17, 15) is 9.18 Å². The Morgan fingerprint density at radius 1 is 1.21 bits per heavy atom. The van der Waals surface area contributed by atoms with Gasteiger partial charge in [-0.2, -0.15) is 0 Å². The monoisotopic (exact) mass is 277 g/mol. The molecule has 0 unspecified atom stereocenters. The summed E-state index contributed by atoms with van der Waals surface area (Å²) in [7, 11) is 0. The molecule has 2 rings (SSSR count). The Bertz CT molecular complexity index is 644. The van der Waals surface area contributed by atoms with E-state index in [2.05, 4.69) is 0 Å². The summed E-state index contributed by atoms with van der Waals surface area (Å²) in [5, 5.41) is 0.440. The predicted octanol–water partition coefficient (Wildman–Crippen LogP) is 3.91. The lowest BCUT2D eigenvalue weighted by molar-refractivity contribution is 0.103. The van der Waals surface area contributed by atoms with Crippen molar-refractivity contribution < 1.29 is 9.18 Å².